The number of carbonyl (C=O) groups is 1. The molecule has 1 aromatic rings. The van der Waals surface area contributed by atoms with Gasteiger partial charge in [0, 0.05) is 23.1 Å². The number of carbonyl (C=O) groups excluding carboxylic acids is 1. The second-order valence-electron chi connectivity index (χ2n) is 4.08. The lowest BCUT2D eigenvalue weighted by Gasteiger charge is -2.08. The summed E-state index contributed by atoms with van der Waals surface area (Å²) in [5, 5.41) is 12.2. The molecule has 1 atom stereocenters. The van der Waals surface area contributed by atoms with Gasteiger partial charge in [0.2, 0.25) is 5.91 Å². The zero-order chi connectivity index (χ0) is 13.4. The van der Waals surface area contributed by atoms with Crippen molar-refractivity contribution in [3.8, 4) is 6.07 Å². The average Bonchev–Trinajstić information content (AvgIpc) is 2.38. The van der Waals surface area contributed by atoms with Crippen LogP contribution in [0.25, 0.3) is 0 Å². The number of anilines is 1. The fraction of sp³-hybridized carbons (Fsp3) is 0.429. The number of hydrogen-bond acceptors (Lipinski definition) is 3. The van der Waals surface area contributed by atoms with E-state index in [9.17, 15) is 4.79 Å². The molecule has 0 radical (unpaired) electrons. The van der Waals surface area contributed by atoms with Crippen LogP contribution in [0.15, 0.2) is 24.3 Å². The number of hydrogen-bond donors (Lipinski definition) is 1. The third-order valence-corrected chi connectivity index (χ3v) is 3.92. The minimum Gasteiger partial charge on any atom is -0.326 e. The Morgan fingerprint density at radius 2 is 2.33 bits per heavy atom. The predicted octanol–water partition coefficient (Wildman–Crippen LogP) is 3.42. The number of benzene rings is 1. The molecule has 0 fully saturated rings. The van der Waals surface area contributed by atoms with E-state index in [-0.39, 0.29) is 5.91 Å². The zero-order valence-electron chi connectivity index (χ0n) is 10.8. The maximum Gasteiger partial charge on any atom is 0.225 e. The number of nitrogens with zero attached hydrogens (tertiary/aromatic N) is 1. The first-order chi connectivity index (χ1) is 8.65. The van der Waals surface area contributed by atoms with Crippen LogP contribution >= 0.6 is 11.8 Å². The van der Waals surface area contributed by atoms with Crippen LogP contribution in [0.4, 0.5) is 5.69 Å². The first kappa shape index (κ1) is 14.6. The van der Waals surface area contributed by atoms with Crippen LogP contribution < -0.4 is 5.32 Å². The highest BCUT2D eigenvalue weighted by molar-refractivity contribution is 7.99. The number of nitrogens with one attached hydrogen (secondary N) is 1. The summed E-state index contributed by atoms with van der Waals surface area (Å²) in [6.45, 7) is 4.31. The summed E-state index contributed by atoms with van der Waals surface area (Å²) in [7, 11) is 0. The molecule has 0 heterocycles. The lowest BCUT2D eigenvalue weighted by molar-refractivity contribution is -0.115. The smallest absolute Gasteiger partial charge is 0.225 e. The molecule has 0 aliphatic heterocycles. The van der Waals surface area contributed by atoms with Gasteiger partial charge in [-0.25, -0.2) is 0 Å². The van der Waals surface area contributed by atoms with Crippen molar-refractivity contribution in [2.45, 2.75) is 31.9 Å². The largest absolute Gasteiger partial charge is 0.326 e. The quantitative estimate of drug-likeness (QED) is 0.854. The van der Waals surface area contributed by atoms with Crippen LogP contribution in [0.1, 0.15) is 32.3 Å². The van der Waals surface area contributed by atoms with E-state index in [1.807, 2.05) is 11.8 Å². The van der Waals surface area contributed by atoms with E-state index in [0.717, 1.165) is 12.2 Å². The Labute approximate surface area is 113 Å². The van der Waals surface area contributed by atoms with Gasteiger partial charge < -0.3 is 5.32 Å². The van der Waals surface area contributed by atoms with Gasteiger partial charge in [0.05, 0.1) is 11.6 Å². The van der Waals surface area contributed by atoms with Crippen molar-refractivity contribution in [1.29, 1.82) is 5.26 Å². The molecular weight excluding hydrogens is 244 g/mol. The molecule has 3 nitrogen and oxygen atoms in total. The summed E-state index contributed by atoms with van der Waals surface area (Å²) >= 11 is 1.81. The highest BCUT2D eigenvalue weighted by Gasteiger charge is 2.05. The summed E-state index contributed by atoms with van der Waals surface area (Å²) in [6, 6.07) is 9.01. The van der Waals surface area contributed by atoms with Crippen molar-refractivity contribution >= 4 is 23.4 Å². The summed E-state index contributed by atoms with van der Waals surface area (Å²) in [6.07, 6.45) is 1.63. The van der Waals surface area contributed by atoms with Crippen LogP contribution in [0.3, 0.4) is 0 Å². The van der Waals surface area contributed by atoms with Gasteiger partial charge in [0.25, 0.3) is 0 Å². The maximum atomic E-state index is 11.7. The van der Waals surface area contributed by atoms with Crippen molar-refractivity contribution < 1.29 is 4.79 Å². The first-order valence-electron chi connectivity index (χ1n) is 6.07. The molecule has 1 unspecified atom stereocenters. The molecule has 96 valence electrons. The lowest BCUT2D eigenvalue weighted by Crippen LogP contribution is -2.13. The molecule has 1 rings (SSSR count). The molecular formula is C14H18N2OS. The molecule has 1 aromatic carbocycles. The molecule has 1 amide bonds. The number of amides is 1. The Kier molecular flexibility index (Phi) is 6.31. The Morgan fingerprint density at radius 1 is 1.56 bits per heavy atom. The van der Waals surface area contributed by atoms with E-state index in [2.05, 4.69) is 25.2 Å². The topological polar surface area (TPSA) is 52.9 Å². The fourth-order valence-electron chi connectivity index (χ4n) is 1.36. The minimum absolute atomic E-state index is 0.000827. The third kappa shape index (κ3) is 5.24. The Balaban J connectivity index is 2.38. The molecule has 0 aliphatic carbocycles. The number of nitriles is 1. The maximum absolute atomic E-state index is 11.7. The molecule has 1 N–H and O–H groups in total. The second-order valence-corrected chi connectivity index (χ2v) is 5.63. The van der Waals surface area contributed by atoms with Gasteiger partial charge >= 0.3 is 0 Å². The van der Waals surface area contributed by atoms with Crippen LogP contribution in [-0.4, -0.2) is 16.9 Å². The van der Waals surface area contributed by atoms with Gasteiger partial charge in [-0.05, 0) is 24.6 Å². The molecule has 18 heavy (non-hydrogen) atoms. The van der Waals surface area contributed by atoms with Gasteiger partial charge in [-0.2, -0.15) is 17.0 Å². The van der Waals surface area contributed by atoms with Gasteiger partial charge in [-0.1, -0.05) is 19.9 Å². The Hall–Kier alpha value is -1.47. The lowest BCUT2D eigenvalue weighted by atomic mass is 10.2. The van der Waals surface area contributed by atoms with Crippen molar-refractivity contribution in [3.05, 3.63) is 29.8 Å². The summed E-state index contributed by atoms with van der Waals surface area (Å²) in [5.41, 5.74) is 1.24. The molecule has 0 aromatic heterocycles. The summed E-state index contributed by atoms with van der Waals surface area (Å²) in [5.74, 6) is 0.833. The fourth-order valence-corrected chi connectivity index (χ4v) is 2.30. The van der Waals surface area contributed by atoms with Crippen LogP contribution in [0.5, 0.6) is 0 Å². The standard InChI is InChI=1S/C14H18N2OS/c1-3-11(2)18-8-7-14(17)16-13-6-4-5-12(9-13)10-15/h4-6,9,11H,3,7-8H2,1-2H3,(H,16,17). The van der Waals surface area contributed by atoms with E-state index in [0.29, 0.717) is 22.9 Å². The van der Waals surface area contributed by atoms with Gasteiger partial charge in [-0.15, -0.1) is 0 Å². The van der Waals surface area contributed by atoms with E-state index < -0.39 is 0 Å². The van der Waals surface area contributed by atoms with Crippen molar-refractivity contribution in [3.63, 3.8) is 0 Å². The van der Waals surface area contributed by atoms with E-state index in [1.165, 1.54) is 0 Å². The van der Waals surface area contributed by atoms with Crippen LogP contribution in [-0.2, 0) is 4.79 Å². The molecule has 0 bridgehead atoms. The van der Waals surface area contributed by atoms with Crippen molar-refractivity contribution in [2.75, 3.05) is 11.1 Å². The Bertz CT molecular complexity index is 440. The molecule has 0 aliphatic rings. The normalized spacial score (nSPS) is 11.6. The molecule has 4 heteroatoms. The van der Waals surface area contributed by atoms with Crippen LogP contribution in [0, 0.1) is 11.3 Å². The van der Waals surface area contributed by atoms with Gasteiger partial charge in [0.1, 0.15) is 0 Å². The monoisotopic (exact) mass is 262 g/mol. The predicted molar refractivity (Wildman–Crippen MR) is 76.6 cm³/mol. The molecule has 0 saturated carbocycles. The highest BCUT2D eigenvalue weighted by Crippen LogP contribution is 2.15. The highest BCUT2D eigenvalue weighted by atomic mass is 32.2. The number of thioether (sulfide) groups is 1. The molecule has 0 spiro atoms. The minimum atomic E-state index is 0.000827. The van der Waals surface area contributed by atoms with Gasteiger partial charge in [-0.3, -0.25) is 4.79 Å². The Morgan fingerprint density at radius 3 is 3.00 bits per heavy atom. The van der Waals surface area contributed by atoms with E-state index in [4.69, 9.17) is 5.26 Å². The zero-order valence-corrected chi connectivity index (χ0v) is 11.6. The van der Waals surface area contributed by atoms with Gasteiger partial charge in [0.15, 0.2) is 0 Å². The summed E-state index contributed by atoms with van der Waals surface area (Å²) < 4.78 is 0. The van der Waals surface area contributed by atoms with Crippen molar-refractivity contribution in [1.82, 2.24) is 0 Å². The SMILES string of the molecule is CCC(C)SCCC(=O)Nc1cccc(C#N)c1. The molecule has 0 saturated heterocycles. The summed E-state index contributed by atoms with van der Waals surface area (Å²) in [4.78, 5) is 11.7. The van der Waals surface area contributed by atoms with Crippen LogP contribution in [0.2, 0.25) is 0 Å². The number of rotatable bonds is 6. The van der Waals surface area contributed by atoms with E-state index >= 15 is 0 Å². The first-order valence-corrected chi connectivity index (χ1v) is 7.12. The van der Waals surface area contributed by atoms with E-state index in [1.54, 1.807) is 24.3 Å². The third-order valence-electron chi connectivity index (χ3n) is 2.58. The average molecular weight is 262 g/mol. The van der Waals surface area contributed by atoms with Crippen molar-refractivity contribution in [2.24, 2.45) is 0 Å². The second kappa shape index (κ2) is 7.78.